The summed E-state index contributed by atoms with van der Waals surface area (Å²) >= 11 is 0. The molecule has 4 aliphatic rings. The van der Waals surface area contributed by atoms with E-state index < -0.39 is 0 Å². The minimum absolute atomic E-state index is 0.0950. The second-order valence-electron chi connectivity index (χ2n) is 9.25. The Morgan fingerprint density at radius 2 is 1.56 bits per heavy atom. The van der Waals surface area contributed by atoms with Crippen LogP contribution in [0, 0.1) is 24.7 Å². The van der Waals surface area contributed by atoms with Crippen molar-refractivity contribution in [3.8, 4) is 0 Å². The molecular formula is C24H28N2O. The third kappa shape index (κ3) is 2.84. The molecular weight excluding hydrogens is 332 g/mol. The van der Waals surface area contributed by atoms with E-state index in [2.05, 4.69) is 29.6 Å². The van der Waals surface area contributed by atoms with Gasteiger partial charge in [0.25, 0.3) is 5.91 Å². The molecule has 3 nitrogen and oxygen atoms in total. The van der Waals surface area contributed by atoms with Gasteiger partial charge in [-0.05, 0) is 104 Å². The van der Waals surface area contributed by atoms with Crippen molar-refractivity contribution in [2.75, 3.05) is 11.1 Å². The van der Waals surface area contributed by atoms with Crippen LogP contribution in [0.3, 0.4) is 0 Å². The lowest BCUT2D eigenvalue weighted by atomic mass is 9.48. The fourth-order valence-electron chi connectivity index (χ4n) is 6.47. The van der Waals surface area contributed by atoms with Gasteiger partial charge in [-0.3, -0.25) is 4.79 Å². The fourth-order valence-corrected chi connectivity index (χ4v) is 6.47. The van der Waals surface area contributed by atoms with Crippen molar-refractivity contribution in [1.82, 2.24) is 0 Å². The normalized spacial score (nSPS) is 31.1. The maximum atomic E-state index is 12.6. The first-order chi connectivity index (χ1) is 13.0. The van der Waals surface area contributed by atoms with Crippen molar-refractivity contribution in [3.63, 3.8) is 0 Å². The SMILES string of the molecule is Cc1c(N)cccc1C(=O)Nc1ccc(C23CC4CC(CC(C4)C2)C3)cc1. The topological polar surface area (TPSA) is 55.1 Å². The van der Waals surface area contributed by atoms with E-state index in [9.17, 15) is 4.79 Å². The number of carbonyl (C=O) groups excluding carboxylic acids is 1. The molecule has 27 heavy (non-hydrogen) atoms. The zero-order chi connectivity index (χ0) is 18.6. The van der Waals surface area contributed by atoms with E-state index in [0.29, 0.717) is 16.7 Å². The lowest BCUT2D eigenvalue weighted by molar-refractivity contribution is -0.00518. The molecule has 4 bridgehead atoms. The number of nitrogens with two attached hydrogens (primary N) is 1. The molecule has 3 N–H and O–H groups in total. The zero-order valence-electron chi connectivity index (χ0n) is 16.0. The summed E-state index contributed by atoms with van der Waals surface area (Å²) in [7, 11) is 0. The Hall–Kier alpha value is -2.29. The minimum atomic E-state index is -0.0950. The predicted molar refractivity (Wildman–Crippen MR) is 110 cm³/mol. The molecule has 4 aliphatic carbocycles. The maximum Gasteiger partial charge on any atom is 0.256 e. The van der Waals surface area contributed by atoms with E-state index in [1.54, 1.807) is 0 Å². The van der Waals surface area contributed by atoms with Crippen molar-refractivity contribution in [2.24, 2.45) is 17.8 Å². The molecule has 4 fully saturated rings. The van der Waals surface area contributed by atoms with E-state index in [1.807, 2.05) is 25.1 Å². The summed E-state index contributed by atoms with van der Waals surface area (Å²) in [6, 6.07) is 14.1. The first-order valence-corrected chi connectivity index (χ1v) is 10.3. The van der Waals surface area contributed by atoms with E-state index in [4.69, 9.17) is 5.73 Å². The van der Waals surface area contributed by atoms with Crippen LogP contribution in [-0.4, -0.2) is 5.91 Å². The monoisotopic (exact) mass is 360 g/mol. The van der Waals surface area contributed by atoms with Crippen LogP contribution in [0.5, 0.6) is 0 Å². The molecule has 3 heteroatoms. The van der Waals surface area contributed by atoms with E-state index in [-0.39, 0.29) is 5.91 Å². The predicted octanol–water partition coefficient (Wildman–Crippen LogP) is 5.30. The molecule has 0 heterocycles. The number of benzene rings is 2. The second kappa shape index (κ2) is 6.12. The first-order valence-electron chi connectivity index (χ1n) is 10.3. The Bertz CT molecular complexity index is 848. The smallest absolute Gasteiger partial charge is 0.256 e. The summed E-state index contributed by atoms with van der Waals surface area (Å²) < 4.78 is 0. The van der Waals surface area contributed by atoms with Crippen LogP contribution in [0.1, 0.15) is 60.0 Å². The molecule has 0 radical (unpaired) electrons. The zero-order valence-corrected chi connectivity index (χ0v) is 16.0. The number of anilines is 2. The van der Waals surface area contributed by atoms with Crippen molar-refractivity contribution in [3.05, 3.63) is 59.2 Å². The van der Waals surface area contributed by atoms with Gasteiger partial charge in [-0.25, -0.2) is 0 Å². The average Bonchev–Trinajstić information content (AvgIpc) is 2.63. The van der Waals surface area contributed by atoms with Crippen LogP contribution in [0.2, 0.25) is 0 Å². The summed E-state index contributed by atoms with van der Waals surface area (Å²) in [5.41, 5.74) is 10.8. The Morgan fingerprint density at radius 3 is 2.15 bits per heavy atom. The number of hydrogen-bond donors (Lipinski definition) is 2. The van der Waals surface area contributed by atoms with Crippen LogP contribution in [0.4, 0.5) is 11.4 Å². The van der Waals surface area contributed by atoms with E-state index in [0.717, 1.165) is 29.0 Å². The molecule has 6 rings (SSSR count). The summed E-state index contributed by atoms with van der Waals surface area (Å²) in [5, 5.41) is 3.03. The largest absolute Gasteiger partial charge is 0.398 e. The third-order valence-corrected chi connectivity index (χ3v) is 7.41. The van der Waals surface area contributed by atoms with Gasteiger partial charge in [0, 0.05) is 16.9 Å². The summed E-state index contributed by atoms with van der Waals surface area (Å²) in [6.45, 7) is 1.89. The van der Waals surface area contributed by atoms with E-state index in [1.165, 1.54) is 44.1 Å². The van der Waals surface area contributed by atoms with Crippen molar-refractivity contribution in [2.45, 2.75) is 50.9 Å². The van der Waals surface area contributed by atoms with Crippen molar-refractivity contribution >= 4 is 17.3 Å². The Labute approximate surface area is 161 Å². The molecule has 0 unspecified atom stereocenters. The lowest BCUT2D eigenvalue weighted by Crippen LogP contribution is -2.48. The van der Waals surface area contributed by atoms with Gasteiger partial charge in [-0.1, -0.05) is 18.2 Å². The van der Waals surface area contributed by atoms with E-state index >= 15 is 0 Å². The molecule has 0 spiro atoms. The Morgan fingerprint density at radius 1 is 0.963 bits per heavy atom. The summed E-state index contributed by atoms with van der Waals surface area (Å²) in [5.74, 6) is 2.74. The number of hydrogen-bond acceptors (Lipinski definition) is 2. The molecule has 2 aromatic rings. The van der Waals surface area contributed by atoms with Gasteiger partial charge < -0.3 is 11.1 Å². The van der Waals surface area contributed by atoms with Gasteiger partial charge in [0.2, 0.25) is 0 Å². The molecule has 0 aliphatic heterocycles. The number of nitrogens with one attached hydrogen (secondary N) is 1. The fraction of sp³-hybridized carbons (Fsp3) is 0.458. The molecule has 1 amide bonds. The van der Waals surface area contributed by atoms with Gasteiger partial charge in [-0.15, -0.1) is 0 Å². The van der Waals surface area contributed by atoms with Crippen LogP contribution in [0.25, 0.3) is 0 Å². The van der Waals surface area contributed by atoms with Gasteiger partial charge in [0.15, 0.2) is 0 Å². The van der Waals surface area contributed by atoms with Crippen LogP contribution >= 0.6 is 0 Å². The lowest BCUT2D eigenvalue weighted by Gasteiger charge is -2.57. The molecule has 0 saturated heterocycles. The molecule has 0 aromatic heterocycles. The first kappa shape index (κ1) is 16.9. The van der Waals surface area contributed by atoms with Crippen LogP contribution in [0.15, 0.2) is 42.5 Å². The third-order valence-electron chi connectivity index (χ3n) is 7.41. The van der Waals surface area contributed by atoms with Gasteiger partial charge in [0.05, 0.1) is 0 Å². The summed E-state index contributed by atoms with van der Waals surface area (Å²) in [6.07, 6.45) is 8.50. The highest BCUT2D eigenvalue weighted by Gasteiger charge is 2.51. The van der Waals surface area contributed by atoms with Crippen LogP contribution < -0.4 is 11.1 Å². The highest BCUT2D eigenvalue weighted by molar-refractivity contribution is 6.06. The number of nitrogen functional groups attached to an aromatic ring is 1. The number of carbonyl (C=O) groups is 1. The standard InChI is InChI=1S/C24H28N2O/c1-15-21(3-2-4-22(15)25)23(27)26-20-7-5-19(6-8-20)24-12-16-9-17(13-24)11-18(10-16)14-24/h2-8,16-18H,9-14,25H2,1H3,(H,26,27). The highest BCUT2D eigenvalue weighted by Crippen LogP contribution is 2.60. The Kier molecular flexibility index (Phi) is 3.82. The number of amides is 1. The van der Waals surface area contributed by atoms with Crippen LogP contribution in [-0.2, 0) is 5.41 Å². The van der Waals surface area contributed by atoms with Gasteiger partial charge >= 0.3 is 0 Å². The highest BCUT2D eigenvalue weighted by atomic mass is 16.1. The molecule has 0 atom stereocenters. The summed E-state index contributed by atoms with van der Waals surface area (Å²) in [4.78, 5) is 12.6. The maximum absolute atomic E-state index is 12.6. The average molecular weight is 361 g/mol. The van der Waals surface area contributed by atoms with Gasteiger partial charge in [-0.2, -0.15) is 0 Å². The molecule has 4 saturated carbocycles. The quantitative estimate of drug-likeness (QED) is 0.730. The van der Waals surface area contributed by atoms with Crippen molar-refractivity contribution in [1.29, 1.82) is 0 Å². The Balaban J connectivity index is 1.35. The second-order valence-corrected chi connectivity index (χ2v) is 9.25. The number of rotatable bonds is 3. The van der Waals surface area contributed by atoms with Gasteiger partial charge in [0.1, 0.15) is 0 Å². The molecule has 140 valence electrons. The van der Waals surface area contributed by atoms with Crippen molar-refractivity contribution < 1.29 is 4.79 Å². The minimum Gasteiger partial charge on any atom is -0.398 e. The molecule has 2 aromatic carbocycles.